The predicted octanol–water partition coefficient (Wildman–Crippen LogP) is 1.34. The zero-order valence-electron chi connectivity index (χ0n) is 12.9. The highest BCUT2D eigenvalue weighted by molar-refractivity contribution is 5.73. The molecule has 26 heavy (non-hydrogen) atoms. The summed E-state index contributed by atoms with van der Waals surface area (Å²) in [6, 6.07) is 5.22. The van der Waals surface area contributed by atoms with Gasteiger partial charge in [0.25, 0.3) is 11.5 Å². The Morgan fingerprint density at radius 1 is 0.962 bits per heavy atom. The molecule has 0 amide bonds. The van der Waals surface area contributed by atoms with Crippen LogP contribution in [0, 0.1) is 42.7 Å². The number of rotatable bonds is 3. The quantitative estimate of drug-likeness (QED) is 0.347. The number of nitrogens with one attached hydrogen (secondary N) is 1. The lowest BCUT2D eigenvalue weighted by Gasteiger charge is -2.00. The summed E-state index contributed by atoms with van der Waals surface area (Å²) in [7, 11) is 0. The molecule has 1 aromatic carbocycles. The van der Waals surface area contributed by atoms with Crippen LogP contribution in [0.2, 0.25) is 0 Å². The second-order valence-corrected chi connectivity index (χ2v) is 4.60. The average molecular weight is 369 g/mol. The van der Waals surface area contributed by atoms with Gasteiger partial charge in [-0.2, -0.15) is 4.73 Å². The molecule has 0 atom stereocenters. The number of aromatic hydroxyl groups is 2. The van der Waals surface area contributed by atoms with Crippen molar-refractivity contribution in [2.24, 2.45) is 0 Å². The van der Waals surface area contributed by atoms with Gasteiger partial charge in [-0.1, -0.05) is 6.07 Å². The fourth-order valence-corrected chi connectivity index (χ4v) is 1.68. The largest absolute Gasteiger partial charge is 0.497 e. The van der Waals surface area contributed by atoms with Crippen molar-refractivity contribution in [3.05, 3.63) is 65.8 Å². The van der Waals surface area contributed by atoms with Crippen molar-refractivity contribution in [3.63, 3.8) is 0 Å². The van der Waals surface area contributed by atoms with Crippen molar-refractivity contribution < 1.29 is 30.2 Å². The number of nitrogens with zero attached hydrogens (tertiary/aromatic N) is 4. The van der Waals surface area contributed by atoms with E-state index < -0.39 is 43.3 Å². The molecule has 14 nitrogen and oxygen atoms in total. The van der Waals surface area contributed by atoms with Gasteiger partial charge in [0.1, 0.15) is 6.07 Å². The lowest BCUT2D eigenvalue weighted by molar-refractivity contribution is -0.405. The van der Waals surface area contributed by atoms with Crippen LogP contribution in [0.4, 0.5) is 17.1 Å². The van der Waals surface area contributed by atoms with E-state index in [1.54, 1.807) is 19.1 Å². The van der Waals surface area contributed by atoms with Gasteiger partial charge in [0.15, 0.2) is 5.49 Å². The molecule has 0 aliphatic rings. The summed E-state index contributed by atoms with van der Waals surface area (Å²) in [5, 5.41) is 65.5. The summed E-state index contributed by atoms with van der Waals surface area (Å²) in [5.41, 5.74) is -3.18. The first-order valence-electron chi connectivity index (χ1n) is 6.43. The number of phenols is 2. The topological polar surface area (TPSA) is 219 Å². The zero-order valence-corrected chi connectivity index (χ0v) is 12.9. The fourth-order valence-electron chi connectivity index (χ4n) is 1.68. The number of benzene rings is 1. The number of hydrogen-bond donors (Lipinski definition) is 4. The normalized spacial score (nSPS) is 9.73. The first-order valence-corrected chi connectivity index (χ1v) is 6.43. The lowest BCUT2D eigenvalue weighted by atomic mass is 10.2. The molecule has 0 bridgehead atoms. The van der Waals surface area contributed by atoms with E-state index in [0.29, 0.717) is 5.69 Å². The molecule has 0 unspecified atom stereocenters. The van der Waals surface area contributed by atoms with Gasteiger partial charge in [-0.05, 0) is 19.1 Å². The number of phenolic OH excluding ortho intramolecular Hbond substituents is 2. The summed E-state index contributed by atoms with van der Waals surface area (Å²) in [6.45, 7) is 1.73. The first-order chi connectivity index (χ1) is 12.0. The summed E-state index contributed by atoms with van der Waals surface area (Å²) in [6.07, 6.45) is 0. The Morgan fingerprint density at radius 2 is 1.42 bits per heavy atom. The third-order valence-corrected chi connectivity index (χ3v) is 2.94. The van der Waals surface area contributed by atoms with Crippen molar-refractivity contribution in [2.45, 2.75) is 6.92 Å². The van der Waals surface area contributed by atoms with Gasteiger partial charge in [-0.25, -0.2) is 0 Å². The highest BCUT2D eigenvalue weighted by Crippen LogP contribution is 2.47. The fraction of sp³-hybridized carbons (Fsp3) is 0.0833. The van der Waals surface area contributed by atoms with E-state index in [9.17, 15) is 30.3 Å². The molecular weight excluding hydrogens is 358 g/mol. The van der Waals surface area contributed by atoms with Crippen LogP contribution in [0.15, 0.2) is 24.3 Å². The van der Waals surface area contributed by atoms with Gasteiger partial charge in [0.05, 0.1) is 20.5 Å². The molecule has 138 valence electrons. The van der Waals surface area contributed by atoms with Gasteiger partial charge in [-0.3, -0.25) is 35.8 Å². The van der Waals surface area contributed by atoms with Gasteiger partial charge >= 0.3 is 17.1 Å². The molecule has 1 heterocycles. The molecule has 0 aliphatic carbocycles. The number of aryl methyl sites for hydroxylation is 1. The van der Waals surface area contributed by atoms with E-state index in [1.165, 1.54) is 6.07 Å². The number of hydrogen-bond acceptors (Lipinski definition) is 10. The Hall–Kier alpha value is -4.23. The molecule has 4 N–H and O–H groups in total. The first kappa shape index (κ1) is 19.8. The molecule has 2 aromatic rings. The SMILES string of the molecule is Cc1cccc(=N)n1O.O=[N+]([O-])c1cc([N+](=O)[O-])c(O)c([N+](=O)[O-])c1O. The number of aromatic nitrogens is 1. The van der Waals surface area contributed by atoms with Crippen molar-refractivity contribution >= 4 is 17.1 Å². The van der Waals surface area contributed by atoms with Gasteiger partial charge in [-0.15, -0.1) is 0 Å². The van der Waals surface area contributed by atoms with Crippen LogP contribution in [0.1, 0.15) is 5.69 Å². The molecule has 14 heteroatoms. The maximum atomic E-state index is 10.4. The van der Waals surface area contributed by atoms with Crippen LogP contribution in [-0.2, 0) is 0 Å². The molecule has 1 aromatic heterocycles. The number of nitro groups is 3. The monoisotopic (exact) mass is 369 g/mol. The maximum Gasteiger partial charge on any atom is 0.366 e. The molecule has 2 rings (SSSR count). The van der Waals surface area contributed by atoms with Crippen LogP contribution in [-0.4, -0.2) is 34.9 Å². The van der Waals surface area contributed by atoms with Crippen LogP contribution in [0.25, 0.3) is 0 Å². The molecular formula is C12H11N5O9. The summed E-state index contributed by atoms with van der Waals surface area (Å²) >= 11 is 0. The lowest BCUT2D eigenvalue weighted by Crippen LogP contribution is -2.17. The molecule has 0 fully saturated rings. The van der Waals surface area contributed by atoms with Crippen LogP contribution >= 0.6 is 0 Å². The third kappa shape index (κ3) is 3.99. The average Bonchev–Trinajstić information content (AvgIpc) is 2.52. The zero-order chi connectivity index (χ0) is 20.2. The smallest absolute Gasteiger partial charge is 0.366 e. The second-order valence-electron chi connectivity index (χ2n) is 4.60. The predicted molar refractivity (Wildman–Crippen MR) is 81.9 cm³/mol. The molecule has 0 aliphatic heterocycles. The van der Waals surface area contributed by atoms with Crippen LogP contribution < -0.4 is 5.49 Å². The van der Waals surface area contributed by atoms with Crippen molar-refractivity contribution in [1.82, 2.24) is 4.73 Å². The Morgan fingerprint density at radius 3 is 1.73 bits per heavy atom. The summed E-state index contributed by atoms with van der Waals surface area (Å²) in [5.74, 6) is -2.88. The van der Waals surface area contributed by atoms with Crippen molar-refractivity contribution in [1.29, 1.82) is 5.41 Å². The number of pyridine rings is 1. The van der Waals surface area contributed by atoms with Crippen LogP contribution in [0.3, 0.4) is 0 Å². The molecule has 0 spiro atoms. The Bertz CT molecular complexity index is 915. The minimum Gasteiger partial charge on any atom is -0.497 e. The maximum absolute atomic E-state index is 10.4. The minimum atomic E-state index is -1.48. The molecule has 0 radical (unpaired) electrons. The summed E-state index contributed by atoms with van der Waals surface area (Å²) < 4.78 is 0.833. The van der Waals surface area contributed by atoms with E-state index >= 15 is 0 Å². The van der Waals surface area contributed by atoms with E-state index in [1.807, 2.05) is 0 Å². The van der Waals surface area contributed by atoms with Crippen molar-refractivity contribution in [3.8, 4) is 11.5 Å². The second kappa shape index (κ2) is 7.56. The Labute approximate surface area is 142 Å². The minimum absolute atomic E-state index is 0.106. The highest BCUT2D eigenvalue weighted by atomic mass is 16.6. The standard InChI is InChI=1S/C6H3N3O8.C6H8N2O/c10-5-2(7(12)13)1-3(8(14)15)6(11)4(5)9(16)17;1-5-3-2-4-6(7)8(5)9/h1,10-11H;2-4,7,9H,1H3. The summed E-state index contributed by atoms with van der Waals surface area (Å²) in [4.78, 5) is 27.4. The van der Waals surface area contributed by atoms with Crippen LogP contribution in [0.5, 0.6) is 11.5 Å². The molecule has 0 saturated heterocycles. The van der Waals surface area contributed by atoms with E-state index in [-0.39, 0.29) is 11.6 Å². The Balaban J connectivity index is 0.000000314. The Kier molecular flexibility index (Phi) is 5.76. The van der Waals surface area contributed by atoms with Crippen molar-refractivity contribution in [2.75, 3.05) is 0 Å². The molecule has 0 saturated carbocycles. The van der Waals surface area contributed by atoms with E-state index in [4.69, 9.17) is 20.8 Å². The van der Waals surface area contributed by atoms with Gasteiger partial charge < -0.3 is 15.4 Å². The van der Waals surface area contributed by atoms with E-state index in [0.717, 1.165) is 4.73 Å². The van der Waals surface area contributed by atoms with Gasteiger partial charge in [0, 0.05) is 0 Å². The number of nitro benzene ring substituents is 3. The van der Waals surface area contributed by atoms with Gasteiger partial charge in [0.2, 0.25) is 0 Å². The highest BCUT2D eigenvalue weighted by Gasteiger charge is 2.36. The van der Waals surface area contributed by atoms with E-state index in [2.05, 4.69) is 0 Å². The third-order valence-electron chi connectivity index (χ3n) is 2.94.